The van der Waals surface area contributed by atoms with Gasteiger partial charge in [-0.05, 0) is 30.7 Å². The van der Waals surface area contributed by atoms with Crippen molar-refractivity contribution in [2.75, 3.05) is 34.8 Å². The lowest BCUT2D eigenvalue weighted by atomic mass is 10.1. The van der Waals surface area contributed by atoms with Crippen molar-refractivity contribution in [3.05, 3.63) is 29.5 Å². The van der Waals surface area contributed by atoms with Crippen LogP contribution in [0.3, 0.4) is 0 Å². The van der Waals surface area contributed by atoms with E-state index in [1.165, 1.54) is 22.2 Å². The Hall–Kier alpha value is -0.750. The van der Waals surface area contributed by atoms with Gasteiger partial charge in [0.1, 0.15) is 5.75 Å². The van der Waals surface area contributed by atoms with Gasteiger partial charge in [-0.2, -0.15) is 0 Å². The van der Waals surface area contributed by atoms with E-state index in [2.05, 4.69) is 45.2 Å². The molecule has 4 heteroatoms. The van der Waals surface area contributed by atoms with Crippen LogP contribution in [0.15, 0.2) is 18.2 Å². The van der Waals surface area contributed by atoms with Gasteiger partial charge < -0.3 is 38.2 Å². The Bertz CT molecular complexity index is 555. The fraction of sp³-hybridized carbons (Fsp3) is 0.467. The maximum absolute atomic E-state index is 5.31. The number of quaternary nitrogens is 1. The van der Waals surface area contributed by atoms with E-state index in [4.69, 9.17) is 4.74 Å². The molecule has 0 spiro atoms. The summed E-state index contributed by atoms with van der Waals surface area (Å²) in [5, 5.41) is 1.29. The van der Waals surface area contributed by atoms with E-state index in [1.54, 1.807) is 7.11 Å². The van der Waals surface area contributed by atoms with Crippen molar-refractivity contribution in [3.63, 3.8) is 0 Å². The molecule has 0 unspecified atom stereocenters. The molecule has 1 aromatic heterocycles. The normalized spacial score (nSPS) is 11.4. The highest BCUT2D eigenvalue weighted by atomic mass is 127. The van der Waals surface area contributed by atoms with Crippen LogP contribution in [0.5, 0.6) is 5.75 Å². The zero-order valence-electron chi connectivity index (χ0n) is 12.4. The van der Waals surface area contributed by atoms with Crippen molar-refractivity contribution >= 4 is 10.9 Å². The number of aryl methyl sites for hydroxylation is 1. The van der Waals surface area contributed by atoms with Crippen LogP contribution < -0.4 is 28.7 Å². The topological polar surface area (TPSA) is 25.0 Å². The first-order chi connectivity index (χ1) is 8.40. The Morgan fingerprint density at radius 3 is 2.47 bits per heavy atom. The number of benzene rings is 1. The van der Waals surface area contributed by atoms with E-state index in [0.717, 1.165) is 23.2 Å². The molecule has 0 saturated heterocycles. The molecular weight excluding hydrogens is 351 g/mol. The van der Waals surface area contributed by atoms with E-state index in [0.29, 0.717) is 0 Å². The summed E-state index contributed by atoms with van der Waals surface area (Å²) < 4.78 is 6.30. The van der Waals surface area contributed by atoms with Gasteiger partial charge in [-0.25, -0.2) is 0 Å². The monoisotopic (exact) mass is 374 g/mol. The molecule has 106 valence electrons. The number of hydrogen-bond acceptors (Lipinski definition) is 1. The highest BCUT2D eigenvalue weighted by Crippen LogP contribution is 2.26. The van der Waals surface area contributed by atoms with E-state index in [1.807, 2.05) is 6.07 Å². The van der Waals surface area contributed by atoms with Crippen molar-refractivity contribution in [2.45, 2.75) is 13.3 Å². The van der Waals surface area contributed by atoms with Crippen LogP contribution in [-0.2, 0) is 6.42 Å². The molecule has 0 aliphatic carbocycles. The first kappa shape index (κ1) is 16.3. The second-order valence-corrected chi connectivity index (χ2v) is 5.90. The Kier molecular flexibility index (Phi) is 5.26. The van der Waals surface area contributed by atoms with Crippen LogP contribution in [0.25, 0.3) is 10.9 Å². The summed E-state index contributed by atoms with van der Waals surface area (Å²) in [5.41, 5.74) is 3.88. The first-order valence-corrected chi connectivity index (χ1v) is 6.36. The molecule has 3 nitrogen and oxygen atoms in total. The zero-order chi connectivity index (χ0) is 13.3. The molecule has 0 amide bonds. The summed E-state index contributed by atoms with van der Waals surface area (Å²) in [6.07, 6.45) is 1.09. The lowest BCUT2D eigenvalue weighted by Crippen LogP contribution is -3.00. The average molecular weight is 374 g/mol. The van der Waals surface area contributed by atoms with Crippen LogP contribution in [-0.4, -0.2) is 44.3 Å². The molecule has 0 fully saturated rings. The lowest BCUT2D eigenvalue weighted by Gasteiger charge is -2.23. The molecule has 1 N–H and O–H groups in total. The number of H-pyrrole nitrogens is 1. The van der Waals surface area contributed by atoms with E-state index in [-0.39, 0.29) is 24.0 Å². The highest BCUT2D eigenvalue weighted by Gasteiger charge is 2.13. The number of fused-ring (bicyclic) bond motifs is 1. The molecule has 2 aromatic rings. The summed E-state index contributed by atoms with van der Waals surface area (Å²) in [5.74, 6) is 0.924. The second-order valence-electron chi connectivity index (χ2n) is 5.90. The maximum atomic E-state index is 5.31. The number of rotatable bonds is 4. The van der Waals surface area contributed by atoms with Crippen LogP contribution in [0.1, 0.15) is 11.3 Å². The van der Waals surface area contributed by atoms with E-state index >= 15 is 0 Å². The van der Waals surface area contributed by atoms with Crippen LogP contribution in [0.2, 0.25) is 0 Å². The van der Waals surface area contributed by atoms with Crippen molar-refractivity contribution < 1.29 is 33.2 Å². The molecular formula is C15H23IN2O. The van der Waals surface area contributed by atoms with Gasteiger partial charge in [-0.3, -0.25) is 0 Å². The average Bonchev–Trinajstić information content (AvgIpc) is 2.60. The summed E-state index contributed by atoms with van der Waals surface area (Å²) in [7, 11) is 8.40. The minimum Gasteiger partial charge on any atom is -1.00 e. The highest BCUT2D eigenvalue weighted by molar-refractivity contribution is 5.86. The third-order valence-electron chi connectivity index (χ3n) is 3.36. The number of ether oxygens (including phenoxy) is 1. The van der Waals surface area contributed by atoms with Crippen molar-refractivity contribution in [1.82, 2.24) is 4.98 Å². The predicted molar refractivity (Wildman–Crippen MR) is 76.2 cm³/mol. The Labute approximate surface area is 132 Å². The smallest absolute Gasteiger partial charge is 0.119 e. The maximum Gasteiger partial charge on any atom is 0.119 e. The van der Waals surface area contributed by atoms with Crippen LogP contribution >= 0.6 is 0 Å². The molecule has 19 heavy (non-hydrogen) atoms. The summed E-state index contributed by atoms with van der Waals surface area (Å²) in [4.78, 5) is 3.45. The first-order valence-electron chi connectivity index (χ1n) is 6.36. The Morgan fingerprint density at radius 1 is 1.21 bits per heavy atom. The Balaban J connectivity index is 0.00000180. The fourth-order valence-corrected chi connectivity index (χ4v) is 2.26. The lowest BCUT2D eigenvalue weighted by molar-refractivity contribution is -0.870. The van der Waals surface area contributed by atoms with Gasteiger partial charge >= 0.3 is 0 Å². The standard InChI is InChI=1S/C15H23N2O.HI/c1-11-13(8-9-17(2,3)4)14-10-12(18-5)6-7-15(14)16-11;/h6-7,10,16H,8-9H2,1-5H3;1H/q+1;/p-1. The SMILES string of the molecule is COc1ccc2[nH]c(C)c(CC[N+](C)(C)C)c2c1.[I-]. The molecule has 1 aromatic carbocycles. The van der Waals surface area contributed by atoms with Crippen molar-refractivity contribution in [3.8, 4) is 5.75 Å². The Morgan fingerprint density at radius 2 is 1.89 bits per heavy atom. The fourth-order valence-electron chi connectivity index (χ4n) is 2.26. The molecule has 0 atom stereocenters. The minimum atomic E-state index is 0. The largest absolute Gasteiger partial charge is 1.00 e. The van der Waals surface area contributed by atoms with Crippen molar-refractivity contribution in [1.29, 1.82) is 0 Å². The van der Waals surface area contributed by atoms with Gasteiger partial charge in [0.15, 0.2) is 0 Å². The van der Waals surface area contributed by atoms with Gasteiger partial charge in [0.05, 0.1) is 34.8 Å². The number of likely N-dealkylation sites (N-methyl/N-ethyl adjacent to an activating group) is 1. The zero-order valence-corrected chi connectivity index (χ0v) is 14.5. The minimum absolute atomic E-state index is 0. The van der Waals surface area contributed by atoms with E-state index in [9.17, 15) is 0 Å². The van der Waals surface area contributed by atoms with Crippen LogP contribution in [0, 0.1) is 6.92 Å². The third kappa shape index (κ3) is 3.86. The number of methoxy groups -OCH3 is 1. The van der Waals surface area contributed by atoms with Crippen LogP contribution in [0.4, 0.5) is 0 Å². The summed E-state index contributed by atoms with van der Waals surface area (Å²) >= 11 is 0. The molecule has 0 radical (unpaired) electrons. The number of halogens is 1. The number of hydrogen-bond donors (Lipinski definition) is 1. The van der Waals surface area contributed by atoms with Gasteiger partial charge in [-0.1, -0.05) is 0 Å². The number of aromatic nitrogens is 1. The predicted octanol–water partition coefficient (Wildman–Crippen LogP) is -0.262. The quantitative estimate of drug-likeness (QED) is 0.579. The molecule has 1 heterocycles. The molecule has 0 aliphatic heterocycles. The molecule has 2 rings (SSSR count). The summed E-state index contributed by atoms with van der Waals surface area (Å²) in [6.45, 7) is 3.28. The summed E-state index contributed by atoms with van der Waals surface area (Å²) in [6, 6.07) is 6.22. The second kappa shape index (κ2) is 6.13. The number of nitrogens with zero attached hydrogens (tertiary/aromatic N) is 1. The van der Waals surface area contributed by atoms with Gasteiger partial charge in [0.25, 0.3) is 0 Å². The van der Waals surface area contributed by atoms with Gasteiger partial charge in [0, 0.05) is 23.0 Å². The molecule has 0 aliphatic rings. The van der Waals surface area contributed by atoms with E-state index < -0.39 is 0 Å². The third-order valence-corrected chi connectivity index (χ3v) is 3.36. The number of nitrogens with one attached hydrogen (secondary N) is 1. The van der Waals surface area contributed by atoms with Gasteiger partial charge in [-0.15, -0.1) is 0 Å². The van der Waals surface area contributed by atoms with Gasteiger partial charge in [0.2, 0.25) is 0 Å². The molecule has 0 bridgehead atoms. The molecule has 0 saturated carbocycles. The number of aromatic amines is 1. The van der Waals surface area contributed by atoms with Crippen molar-refractivity contribution in [2.24, 2.45) is 0 Å².